The van der Waals surface area contributed by atoms with Gasteiger partial charge in [-0.3, -0.25) is 4.79 Å². The van der Waals surface area contributed by atoms with Crippen LogP contribution in [0.4, 0.5) is 5.69 Å². The van der Waals surface area contributed by atoms with Crippen LogP contribution < -0.4 is 10.2 Å². The summed E-state index contributed by atoms with van der Waals surface area (Å²) in [6.07, 6.45) is 1.82. The van der Waals surface area contributed by atoms with E-state index in [9.17, 15) is 13.2 Å². The van der Waals surface area contributed by atoms with Gasteiger partial charge in [0, 0.05) is 18.8 Å². The summed E-state index contributed by atoms with van der Waals surface area (Å²) in [7, 11) is -1.42. The number of amides is 1. The molecule has 1 aliphatic rings. The molecule has 0 spiro atoms. The zero-order chi connectivity index (χ0) is 20.3. The van der Waals surface area contributed by atoms with Crippen molar-refractivity contribution < 1.29 is 18.1 Å². The fraction of sp³-hybridized carbons (Fsp3) is 0.450. The minimum absolute atomic E-state index is 0.0816. The quantitative estimate of drug-likeness (QED) is 0.716. The van der Waals surface area contributed by atoms with Crippen LogP contribution in [0.5, 0.6) is 0 Å². The van der Waals surface area contributed by atoms with Crippen LogP contribution in [0.25, 0.3) is 0 Å². The van der Waals surface area contributed by atoms with Crippen LogP contribution in [0.15, 0.2) is 40.6 Å². The SMILES string of the molecule is Cc1ccsc1C[NH+](C)[C@@H](C)C(=O)Nc1ccc(S(=O)(=O)N2CCCC2)cc1. The summed E-state index contributed by atoms with van der Waals surface area (Å²) >= 11 is 1.71. The number of carbonyl (C=O) groups is 1. The zero-order valence-electron chi connectivity index (χ0n) is 16.6. The molecule has 1 unspecified atom stereocenters. The fourth-order valence-electron chi connectivity index (χ4n) is 3.25. The number of rotatable bonds is 7. The third kappa shape index (κ3) is 4.63. The Morgan fingerprint density at radius 3 is 2.43 bits per heavy atom. The highest BCUT2D eigenvalue weighted by Crippen LogP contribution is 2.22. The molecule has 28 heavy (non-hydrogen) atoms. The maximum Gasteiger partial charge on any atom is 0.282 e. The smallest absolute Gasteiger partial charge is 0.282 e. The number of sulfonamides is 1. The van der Waals surface area contributed by atoms with Crippen LogP contribution in [-0.2, 0) is 21.4 Å². The molecule has 0 saturated carbocycles. The number of benzene rings is 1. The number of likely N-dealkylation sites (N-methyl/N-ethyl adjacent to an activating group) is 1. The van der Waals surface area contributed by atoms with Crippen LogP contribution in [0.2, 0.25) is 0 Å². The standard InChI is InChI=1S/C20H27N3O3S2/c1-15-10-13-27-19(15)14-22(3)16(2)20(24)21-17-6-8-18(9-7-17)28(25,26)23-11-4-5-12-23/h6-10,13,16H,4-5,11-12,14H2,1-3H3,(H,21,24)/p+1/t16-/m0/s1. The summed E-state index contributed by atoms with van der Waals surface area (Å²) in [4.78, 5) is 15.3. The lowest BCUT2D eigenvalue weighted by atomic mass is 10.2. The number of hydrogen-bond acceptors (Lipinski definition) is 4. The molecule has 1 aromatic carbocycles. The van der Waals surface area contributed by atoms with Crippen LogP contribution >= 0.6 is 11.3 Å². The Balaban J connectivity index is 1.61. The van der Waals surface area contributed by atoms with E-state index in [1.807, 2.05) is 14.0 Å². The Labute approximate surface area is 171 Å². The van der Waals surface area contributed by atoms with Gasteiger partial charge in [-0.25, -0.2) is 8.42 Å². The number of aryl methyl sites for hydroxylation is 1. The molecule has 1 amide bonds. The summed E-state index contributed by atoms with van der Waals surface area (Å²) in [6.45, 7) is 5.95. The molecule has 2 atom stereocenters. The molecule has 1 fully saturated rings. The van der Waals surface area contributed by atoms with E-state index in [0.717, 1.165) is 24.3 Å². The number of anilines is 1. The maximum atomic E-state index is 12.6. The van der Waals surface area contributed by atoms with Gasteiger partial charge in [-0.2, -0.15) is 4.31 Å². The van der Waals surface area contributed by atoms with Crippen molar-refractivity contribution in [3.8, 4) is 0 Å². The van der Waals surface area contributed by atoms with Crippen LogP contribution in [0, 0.1) is 6.92 Å². The predicted octanol–water partition coefficient (Wildman–Crippen LogP) is 1.88. The van der Waals surface area contributed by atoms with Crippen molar-refractivity contribution in [3.63, 3.8) is 0 Å². The third-order valence-electron chi connectivity index (χ3n) is 5.36. The lowest BCUT2D eigenvalue weighted by Gasteiger charge is -2.21. The first-order valence-electron chi connectivity index (χ1n) is 9.55. The molecular formula is C20H28N3O3S2+. The number of carbonyl (C=O) groups excluding carboxylic acids is 1. The largest absolute Gasteiger partial charge is 0.323 e. The van der Waals surface area contributed by atoms with Crippen molar-refractivity contribution >= 4 is 33.0 Å². The Kier molecular flexibility index (Phi) is 6.54. The van der Waals surface area contributed by atoms with Crippen LogP contribution in [0.3, 0.4) is 0 Å². The van der Waals surface area contributed by atoms with Crippen LogP contribution in [-0.4, -0.2) is 44.8 Å². The summed E-state index contributed by atoms with van der Waals surface area (Å²) < 4.78 is 26.7. The van der Waals surface area contributed by atoms with Gasteiger partial charge in [-0.15, -0.1) is 11.3 Å². The zero-order valence-corrected chi connectivity index (χ0v) is 18.2. The predicted molar refractivity (Wildman–Crippen MR) is 112 cm³/mol. The lowest BCUT2D eigenvalue weighted by molar-refractivity contribution is -0.907. The minimum Gasteiger partial charge on any atom is -0.323 e. The number of quaternary nitrogens is 1. The third-order valence-corrected chi connectivity index (χ3v) is 8.30. The van der Waals surface area contributed by atoms with E-state index in [-0.39, 0.29) is 16.8 Å². The molecule has 2 aromatic rings. The molecule has 2 heterocycles. The lowest BCUT2D eigenvalue weighted by Crippen LogP contribution is -3.12. The van der Waals surface area contributed by atoms with Crippen molar-refractivity contribution in [1.29, 1.82) is 0 Å². The molecule has 1 aliphatic heterocycles. The molecular weight excluding hydrogens is 394 g/mol. The van der Waals surface area contributed by atoms with Crippen molar-refractivity contribution in [2.24, 2.45) is 0 Å². The minimum atomic E-state index is -3.43. The van der Waals surface area contributed by atoms with E-state index >= 15 is 0 Å². The average molecular weight is 423 g/mol. The maximum absolute atomic E-state index is 12.6. The molecule has 0 radical (unpaired) electrons. The second-order valence-electron chi connectivity index (χ2n) is 7.40. The van der Waals surface area contributed by atoms with Gasteiger partial charge in [-0.1, -0.05) is 0 Å². The van der Waals surface area contributed by atoms with Gasteiger partial charge in [0.2, 0.25) is 10.0 Å². The van der Waals surface area contributed by atoms with E-state index in [1.54, 1.807) is 35.6 Å². The first-order chi connectivity index (χ1) is 13.3. The first kappa shape index (κ1) is 21.0. The Morgan fingerprint density at radius 2 is 1.86 bits per heavy atom. The van der Waals surface area contributed by atoms with Gasteiger partial charge < -0.3 is 10.2 Å². The highest BCUT2D eigenvalue weighted by molar-refractivity contribution is 7.89. The molecule has 3 rings (SSSR count). The normalized spacial score (nSPS) is 17.4. The molecule has 0 aliphatic carbocycles. The topological polar surface area (TPSA) is 70.9 Å². The molecule has 1 saturated heterocycles. The molecule has 6 nitrogen and oxygen atoms in total. The summed E-state index contributed by atoms with van der Waals surface area (Å²) in [5.41, 5.74) is 1.86. The second kappa shape index (κ2) is 8.73. The van der Waals surface area contributed by atoms with E-state index in [1.165, 1.54) is 14.7 Å². The van der Waals surface area contributed by atoms with E-state index in [2.05, 4.69) is 23.7 Å². The Bertz CT molecular complexity index is 916. The molecule has 2 N–H and O–H groups in total. The van der Waals surface area contributed by atoms with Crippen molar-refractivity contribution in [2.75, 3.05) is 25.5 Å². The summed E-state index contributed by atoms with van der Waals surface area (Å²) in [5, 5.41) is 4.97. The van der Waals surface area contributed by atoms with Gasteiger partial charge in [0.1, 0.15) is 6.54 Å². The Morgan fingerprint density at radius 1 is 1.21 bits per heavy atom. The summed E-state index contributed by atoms with van der Waals surface area (Å²) in [5.74, 6) is -0.0816. The second-order valence-corrected chi connectivity index (χ2v) is 10.3. The van der Waals surface area contributed by atoms with E-state index < -0.39 is 10.0 Å². The number of nitrogens with zero attached hydrogens (tertiary/aromatic N) is 1. The number of nitrogens with one attached hydrogen (secondary N) is 2. The van der Waals surface area contributed by atoms with Gasteiger partial charge in [0.15, 0.2) is 6.04 Å². The monoisotopic (exact) mass is 422 g/mol. The van der Waals surface area contributed by atoms with E-state index in [0.29, 0.717) is 18.8 Å². The Hall–Kier alpha value is -1.74. The summed E-state index contributed by atoms with van der Waals surface area (Å²) in [6, 6.07) is 8.32. The number of thiophene rings is 1. The van der Waals surface area contributed by atoms with E-state index in [4.69, 9.17) is 0 Å². The van der Waals surface area contributed by atoms with Gasteiger partial charge >= 0.3 is 0 Å². The van der Waals surface area contributed by atoms with Crippen molar-refractivity contribution in [2.45, 2.75) is 44.2 Å². The average Bonchev–Trinajstić information content (AvgIpc) is 3.34. The van der Waals surface area contributed by atoms with Crippen molar-refractivity contribution in [3.05, 3.63) is 46.2 Å². The highest BCUT2D eigenvalue weighted by atomic mass is 32.2. The fourth-order valence-corrected chi connectivity index (χ4v) is 5.77. The van der Waals surface area contributed by atoms with Gasteiger partial charge in [-0.05, 0) is 68.0 Å². The van der Waals surface area contributed by atoms with Crippen molar-refractivity contribution in [1.82, 2.24) is 4.31 Å². The highest BCUT2D eigenvalue weighted by Gasteiger charge is 2.27. The molecule has 0 bridgehead atoms. The molecule has 152 valence electrons. The van der Waals surface area contributed by atoms with Gasteiger partial charge in [0.25, 0.3) is 5.91 Å². The van der Waals surface area contributed by atoms with Gasteiger partial charge in [0.05, 0.1) is 16.8 Å². The molecule has 8 heteroatoms. The van der Waals surface area contributed by atoms with Crippen LogP contribution in [0.1, 0.15) is 30.2 Å². The first-order valence-corrected chi connectivity index (χ1v) is 11.9. The number of hydrogen-bond donors (Lipinski definition) is 2. The molecule has 1 aromatic heterocycles.